The smallest absolute Gasteiger partial charge is 0.462 e. The highest BCUT2D eigenvalue weighted by Crippen LogP contribution is 2.45. The second kappa shape index (κ2) is 70.7. The third-order valence-electron chi connectivity index (χ3n) is 19.2. The van der Waals surface area contributed by atoms with Crippen LogP contribution in [0.4, 0.5) is 0 Å². The number of aliphatic hydroxyl groups is 1. The summed E-state index contributed by atoms with van der Waals surface area (Å²) < 4.78 is 68.6. The van der Waals surface area contributed by atoms with Gasteiger partial charge in [0.05, 0.1) is 26.4 Å². The van der Waals surface area contributed by atoms with Crippen molar-refractivity contribution in [1.29, 1.82) is 0 Å². The van der Waals surface area contributed by atoms with Crippen LogP contribution in [-0.2, 0) is 65.4 Å². The van der Waals surface area contributed by atoms with Crippen LogP contribution in [0.3, 0.4) is 0 Å². The zero-order chi connectivity index (χ0) is 72.1. The molecule has 0 rings (SSSR count). The van der Waals surface area contributed by atoms with Gasteiger partial charge in [-0.1, -0.05) is 363 Å². The molecule has 4 unspecified atom stereocenters. The van der Waals surface area contributed by atoms with Gasteiger partial charge in [-0.3, -0.25) is 37.3 Å². The van der Waals surface area contributed by atoms with Crippen LogP contribution in [0.25, 0.3) is 0 Å². The number of carbonyl (C=O) groups is 4. The number of rotatable bonds is 78. The highest BCUT2D eigenvalue weighted by atomic mass is 31.2. The van der Waals surface area contributed by atoms with Crippen molar-refractivity contribution in [3.8, 4) is 0 Å². The number of esters is 4. The van der Waals surface area contributed by atoms with E-state index >= 15 is 0 Å². The zero-order valence-electron chi connectivity index (χ0n) is 64.1. The summed E-state index contributed by atoms with van der Waals surface area (Å²) in [6.07, 6.45) is 59.7. The van der Waals surface area contributed by atoms with E-state index in [4.69, 9.17) is 37.0 Å². The van der Waals surface area contributed by atoms with E-state index in [1.165, 1.54) is 225 Å². The second-order valence-electron chi connectivity index (χ2n) is 28.9. The lowest BCUT2D eigenvalue weighted by Gasteiger charge is -2.21. The Morgan fingerprint density at radius 3 is 0.724 bits per heavy atom. The number of hydrogen-bond donors (Lipinski definition) is 3. The number of unbranched alkanes of at least 4 members (excludes halogenated alkanes) is 46. The number of phosphoric acid groups is 2. The van der Waals surface area contributed by atoms with Crippen molar-refractivity contribution in [3.63, 3.8) is 0 Å². The molecule has 19 heteroatoms. The van der Waals surface area contributed by atoms with Gasteiger partial charge < -0.3 is 33.8 Å². The summed E-state index contributed by atoms with van der Waals surface area (Å²) in [6.45, 7) is 9.64. The Hall–Kier alpha value is -1.94. The Bertz CT molecular complexity index is 1890. The summed E-state index contributed by atoms with van der Waals surface area (Å²) >= 11 is 0. The third kappa shape index (κ3) is 69.8. The maximum atomic E-state index is 13.1. The van der Waals surface area contributed by atoms with Gasteiger partial charge in [-0.2, -0.15) is 0 Å². The van der Waals surface area contributed by atoms with Crippen LogP contribution in [0.2, 0.25) is 0 Å². The summed E-state index contributed by atoms with van der Waals surface area (Å²) in [5.41, 5.74) is 0. The number of phosphoric ester groups is 2. The molecule has 0 bridgehead atoms. The Morgan fingerprint density at radius 2 is 0.490 bits per heavy atom. The van der Waals surface area contributed by atoms with E-state index in [1.54, 1.807) is 0 Å². The fourth-order valence-corrected chi connectivity index (χ4v) is 13.7. The first-order chi connectivity index (χ1) is 47.4. The molecular formula is C79H154O17P2. The number of ether oxygens (including phenoxy) is 4. The number of carbonyl (C=O) groups excluding carboxylic acids is 4. The molecule has 0 aliphatic heterocycles. The minimum atomic E-state index is -4.96. The largest absolute Gasteiger partial charge is 0.472 e. The fraction of sp³-hybridized carbons (Fsp3) is 0.949. The van der Waals surface area contributed by atoms with Gasteiger partial charge in [0.1, 0.15) is 19.3 Å². The monoisotopic (exact) mass is 1440 g/mol. The predicted molar refractivity (Wildman–Crippen MR) is 400 cm³/mol. The molecule has 0 radical (unpaired) electrons. The molecule has 3 N–H and O–H groups in total. The van der Waals surface area contributed by atoms with E-state index < -0.39 is 97.5 Å². The van der Waals surface area contributed by atoms with E-state index in [2.05, 4.69) is 41.5 Å². The van der Waals surface area contributed by atoms with Crippen molar-refractivity contribution < 1.29 is 80.2 Å². The van der Waals surface area contributed by atoms with Crippen molar-refractivity contribution in [2.45, 2.75) is 432 Å². The van der Waals surface area contributed by atoms with Crippen LogP contribution >= 0.6 is 15.6 Å². The van der Waals surface area contributed by atoms with Gasteiger partial charge in [0.2, 0.25) is 0 Å². The molecule has 0 aliphatic carbocycles. The topological polar surface area (TPSA) is 237 Å². The molecule has 0 aromatic heterocycles. The van der Waals surface area contributed by atoms with Gasteiger partial charge in [-0.25, -0.2) is 9.13 Å². The quantitative estimate of drug-likeness (QED) is 0.0222. The van der Waals surface area contributed by atoms with Crippen LogP contribution in [-0.4, -0.2) is 96.7 Å². The van der Waals surface area contributed by atoms with Crippen LogP contribution in [0.1, 0.15) is 414 Å². The summed E-state index contributed by atoms with van der Waals surface area (Å²) in [6, 6.07) is 0. The van der Waals surface area contributed by atoms with Gasteiger partial charge >= 0.3 is 39.5 Å². The molecule has 0 fully saturated rings. The molecule has 17 nitrogen and oxygen atoms in total. The Morgan fingerprint density at radius 1 is 0.286 bits per heavy atom. The SMILES string of the molecule is CCCCCCCCCCCCCCCCCCCCCCCCC(=O)O[C@H](COC(=O)CCCCCCCCCCCCC(C)CC)COP(=O)(O)OC[C@@H](O)COP(=O)(O)OC[C@@H](COC(=O)CCCCCCCCCC)OC(=O)CCCCCCCCCCCCC(C)CC. The second-order valence-corrected chi connectivity index (χ2v) is 31.8. The maximum absolute atomic E-state index is 13.1. The van der Waals surface area contributed by atoms with Crippen molar-refractivity contribution in [1.82, 2.24) is 0 Å². The molecule has 98 heavy (non-hydrogen) atoms. The van der Waals surface area contributed by atoms with Crippen molar-refractivity contribution in [2.75, 3.05) is 39.6 Å². The normalized spacial score (nSPS) is 14.5. The minimum Gasteiger partial charge on any atom is -0.462 e. The lowest BCUT2D eigenvalue weighted by molar-refractivity contribution is -0.161. The molecular weight excluding hydrogens is 1280 g/mol. The van der Waals surface area contributed by atoms with Gasteiger partial charge in [-0.05, 0) is 37.5 Å². The van der Waals surface area contributed by atoms with E-state index in [0.29, 0.717) is 25.7 Å². The van der Waals surface area contributed by atoms with Crippen LogP contribution < -0.4 is 0 Å². The Labute approximate surface area is 600 Å². The van der Waals surface area contributed by atoms with E-state index in [0.717, 1.165) is 108 Å². The highest BCUT2D eigenvalue weighted by Gasteiger charge is 2.30. The van der Waals surface area contributed by atoms with Crippen LogP contribution in [0.5, 0.6) is 0 Å². The summed E-state index contributed by atoms with van der Waals surface area (Å²) in [7, 11) is -9.91. The van der Waals surface area contributed by atoms with Crippen LogP contribution in [0, 0.1) is 11.8 Å². The molecule has 582 valence electrons. The van der Waals surface area contributed by atoms with Gasteiger partial charge in [0, 0.05) is 25.7 Å². The van der Waals surface area contributed by atoms with E-state index in [-0.39, 0.29) is 25.7 Å². The predicted octanol–water partition coefficient (Wildman–Crippen LogP) is 23.5. The molecule has 0 aromatic rings. The molecule has 0 aromatic carbocycles. The Balaban J connectivity index is 5.18. The minimum absolute atomic E-state index is 0.106. The average molecular weight is 1440 g/mol. The maximum Gasteiger partial charge on any atom is 0.472 e. The molecule has 0 spiro atoms. The van der Waals surface area contributed by atoms with E-state index in [9.17, 15) is 43.2 Å². The first-order valence-electron chi connectivity index (χ1n) is 41.1. The highest BCUT2D eigenvalue weighted by molar-refractivity contribution is 7.47. The average Bonchev–Trinajstić information content (AvgIpc) is 1.97. The standard InChI is InChI=1S/C79H154O17P2/c1-7-11-13-15-17-19-20-21-22-23-24-25-26-27-28-29-30-31-39-45-51-57-63-78(83)96-75(68-90-77(82)62-56-50-44-38-34-32-36-41-47-53-59-71(5)9-3)70-94-98(87,88)92-66-73(80)65-91-97(85,86)93-69-74(67-89-76(81)61-55-49-43-18-16-14-12-8-2)95-79(84)64-58-52-46-40-35-33-37-42-48-54-60-72(6)10-4/h71-75,80H,7-70H2,1-6H3,(H,85,86)(H,87,88)/t71?,72?,73-,74+,75+/m0/s1. The third-order valence-corrected chi connectivity index (χ3v) is 21.1. The molecule has 0 amide bonds. The van der Waals surface area contributed by atoms with Crippen molar-refractivity contribution in [2.24, 2.45) is 11.8 Å². The lowest BCUT2D eigenvalue weighted by Crippen LogP contribution is -2.30. The molecule has 0 aliphatic rings. The Kier molecular flexibility index (Phi) is 69.3. The van der Waals surface area contributed by atoms with Gasteiger partial charge in [-0.15, -0.1) is 0 Å². The number of hydrogen-bond acceptors (Lipinski definition) is 15. The van der Waals surface area contributed by atoms with Gasteiger partial charge in [0.25, 0.3) is 0 Å². The first kappa shape index (κ1) is 96.1. The van der Waals surface area contributed by atoms with Crippen molar-refractivity contribution in [3.05, 3.63) is 0 Å². The van der Waals surface area contributed by atoms with Gasteiger partial charge in [0.15, 0.2) is 12.2 Å². The molecule has 0 heterocycles. The van der Waals surface area contributed by atoms with E-state index in [1.807, 2.05) is 0 Å². The molecule has 0 saturated carbocycles. The molecule has 7 atom stereocenters. The fourth-order valence-electron chi connectivity index (χ4n) is 12.1. The first-order valence-corrected chi connectivity index (χ1v) is 44.1. The zero-order valence-corrected chi connectivity index (χ0v) is 65.9. The lowest BCUT2D eigenvalue weighted by atomic mass is 9.99. The van der Waals surface area contributed by atoms with Crippen LogP contribution in [0.15, 0.2) is 0 Å². The number of aliphatic hydroxyl groups excluding tert-OH is 1. The summed E-state index contributed by atoms with van der Waals surface area (Å²) in [5.74, 6) is -0.503. The molecule has 0 saturated heterocycles. The summed E-state index contributed by atoms with van der Waals surface area (Å²) in [5, 5.41) is 10.6. The van der Waals surface area contributed by atoms with Crippen molar-refractivity contribution >= 4 is 39.5 Å². The summed E-state index contributed by atoms with van der Waals surface area (Å²) in [4.78, 5) is 72.8.